The standard InChI is InChI=1S/C13H26N2.C2H6/c1-8-12(7)13(10(3)4)14-15(9-2)11(5)6;1-2/h11-12H,3,8-9H2,1-2,4-7H3;1-2H3/b14-13+;. The molecule has 2 heteroatoms. The molecule has 1 atom stereocenters. The molecular formula is C15H32N2. The molecule has 102 valence electrons. The van der Waals surface area contributed by atoms with Crippen molar-refractivity contribution in [1.82, 2.24) is 5.01 Å². The Hall–Kier alpha value is -0.790. The van der Waals surface area contributed by atoms with Crippen molar-refractivity contribution in [2.75, 3.05) is 6.54 Å². The molecule has 0 amide bonds. The maximum atomic E-state index is 4.71. The van der Waals surface area contributed by atoms with Gasteiger partial charge in [0.25, 0.3) is 0 Å². The first-order valence-electron chi connectivity index (χ1n) is 6.94. The molecule has 0 aliphatic heterocycles. The van der Waals surface area contributed by atoms with E-state index < -0.39 is 0 Å². The summed E-state index contributed by atoms with van der Waals surface area (Å²) in [5.74, 6) is 0.496. The normalized spacial score (nSPS) is 12.9. The van der Waals surface area contributed by atoms with Gasteiger partial charge in [0.2, 0.25) is 0 Å². The second-order valence-corrected chi connectivity index (χ2v) is 4.42. The van der Waals surface area contributed by atoms with E-state index in [2.05, 4.69) is 46.2 Å². The van der Waals surface area contributed by atoms with Crippen LogP contribution in [0.4, 0.5) is 0 Å². The lowest BCUT2D eigenvalue weighted by molar-refractivity contribution is 0.244. The second-order valence-electron chi connectivity index (χ2n) is 4.42. The van der Waals surface area contributed by atoms with Gasteiger partial charge in [-0.25, -0.2) is 0 Å². The summed E-state index contributed by atoms with van der Waals surface area (Å²) in [4.78, 5) is 0. The molecule has 0 aromatic heterocycles. The van der Waals surface area contributed by atoms with Crippen LogP contribution in [0.3, 0.4) is 0 Å². The van der Waals surface area contributed by atoms with Crippen molar-refractivity contribution in [2.45, 2.75) is 67.9 Å². The first-order valence-corrected chi connectivity index (χ1v) is 6.94. The maximum Gasteiger partial charge on any atom is 0.0656 e. The minimum Gasteiger partial charge on any atom is -0.295 e. The van der Waals surface area contributed by atoms with E-state index in [1.54, 1.807) is 0 Å². The third kappa shape index (κ3) is 7.19. The lowest BCUT2D eigenvalue weighted by Gasteiger charge is -2.25. The van der Waals surface area contributed by atoms with Gasteiger partial charge in [-0.1, -0.05) is 34.3 Å². The van der Waals surface area contributed by atoms with Gasteiger partial charge in [0, 0.05) is 18.5 Å². The Kier molecular flexibility index (Phi) is 11.3. The van der Waals surface area contributed by atoms with Crippen LogP contribution in [0.5, 0.6) is 0 Å². The Morgan fingerprint density at radius 1 is 1.18 bits per heavy atom. The highest BCUT2D eigenvalue weighted by Gasteiger charge is 2.12. The van der Waals surface area contributed by atoms with Crippen LogP contribution in [0.2, 0.25) is 0 Å². The molecule has 0 heterocycles. The summed E-state index contributed by atoms with van der Waals surface area (Å²) in [5.41, 5.74) is 2.23. The smallest absolute Gasteiger partial charge is 0.0656 e. The van der Waals surface area contributed by atoms with Gasteiger partial charge in [0.15, 0.2) is 0 Å². The summed E-state index contributed by atoms with van der Waals surface area (Å²) >= 11 is 0. The van der Waals surface area contributed by atoms with Crippen molar-refractivity contribution < 1.29 is 0 Å². The highest BCUT2D eigenvalue weighted by molar-refractivity contribution is 6.00. The Balaban J connectivity index is 0. The van der Waals surface area contributed by atoms with E-state index in [0.717, 1.165) is 24.3 Å². The van der Waals surface area contributed by atoms with Crippen LogP contribution in [0.25, 0.3) is 0 Å². The van der Waals surface area contributed by atoms with Crippen LogP contribution in [-0.2, 0) is 0 Å². The predicted octanol–water partition coefficient (Wildman–Crippen LogP) is 4.72. The van der Waals surface area contributed by atoms with Crippen molar-refractivity contribution in [3.05, 3.63) is 12.2 Å². The quantitative estimate of drug-likeness (QED) is 0.484. The van der Waals surface area contributed by atoms with Crippen LogP contribution in [0, 0.1) is 5.92 Å². The minimum absolute atomic E-state index is 0.452. The number of rotatable bonds is 6. The molecule has 0 aromatic carbocycles. The number of nitrogens with zero attached hydrogens (tertiary/aromatic N) is 2. The van der Waals surface area contributed by atoms with Gasteiger partial charge in [-0.3, -0.25) is 5.01 Å². The Morgan fingerprint density at radius 3 is 1.88 bits per heavy atom. The first kappa shape index (κ1) is 18.6. The first-order chi connectivity index (χ1) is 7.93. The third-order valence-electron chi connectivity index (χ3n) is 2.67. The van der Waals surface area contributed by atoms with Gasteiger partial charge >= 0.3 is 0 Å². The van der Waals surface area contributed by atoms with Crippen molar-refractivity contribution in [3.63, 3.8) is 0 Å². The predicted molar refractivity (Wildman–Crippen MR) is 80.6 cm³/mol. The van der Waals surface area contributed by atoms with Crippen LogP contribution >= 0.6 is 0 Å². The van der Waals surface area contributed by atoms with E-state index in [-0.39, 0.29) is 0 Å². The summed E-state index contributed by atoms with van der Waals surface area (Å²) in [6.07, 6.45) is 1.11. The molecule has 0 saturated carbocycles. The molecule has 0 saturated heterocycles. The Labute approximate surface area is 109 Å². The lowest BCUT2D eigenvalue weighted by atomic mass is 9.98. The molecule has 0 fully saturated rings. The molecule has 0 N–H and O–H groups in total. The molecule has 2 nitrogen and oxygen atoms in total. The SMILES string of the molecule is C=C(C)/C(=N\N(CC)C(C)C)C(C)CC.CC. The molecule has 0 radical (unpaired) electrons. The zero-order valence-electron chi connectivity index (χ0n) is 13.2. The van der Waals surface area contributed by atoms with Crippen molar-refractivity contribution in [1.29, 1.82) is 0 Å². The van der Waals surface area contributed by atoms with Gasteiger partial charge in [-0.15, -0.1) is 0 Å². The van der Waals surface area contributed by atoms with Crippen molar-refractivity contribution in [3.8, 4) is 0 Å². The second kappa shape index (κ2) is 10.4. The van der Waals surface area contributed by atoms with E-state index >= 15 is 0 Å². The molecule has 0 rings (SSSR count). The lowest BCUT2D eigenvalue weighted by Crippen LogP contribution is -2.28. The fourth-order valence-corrected chi connectivity index (χ4v) is 1.49. The average Bonchev–Trinajstić information content (AvgIpc) is 2.31. The van der Waals surface area contributed by atoms with Crippen molar-refractivity contribution in [2.24, 2.45) is 11.0 Å². The van der Waals surface area contributed by atoms with Gasteiger partial charge in [0.05, 0.1) is 5.71 Å². The summed E-state index contributed by atoms with van der Waals surface area (Å²) in [5, 5.41) is 6.84. The van der Waals surface area contributed by atoms with Crippen LogP contribution in [0.1, 0.15) is 61.8 Å². The molecular weight excluding hydrogens is 208 g/mol. The van der Waals surface area contributed by atoms with E-state index in [1.165, 1.54) is 0 Å². The van der Waals surface area contributed by atoms with Crippen LogP contribution < -0.4 is 0 Å². The van der Waals surface area contributed by atoms with Gasteiger partial charge in [0.1, 0.15) is 0 Å². The Bertz CT molecular complexity index is 229. The zero-order valence-corrected chi connectivity index (χ0v) is 13.2. The number of allylic oxidation sites excluding steroid dienone is 1. The van der Waals surface area contributed by atoms with E-state index in [1.807, 2.05) is 20.8 Å². The largest absolute Gasteiger partial charge is 0.295 e. The Morgan fingerprint density at radius 2 is 1.65 bits per heavy atom. The molecule has 1 unspecified atom stereocenters. The summed E-state index contributed by atoms with van der Waals surface area (Å²) in [6, 6.07) is 0.452. The summed E-state index contributed by atoms with van der Waals surface area (Å²) in [6.45, 7) is 21.9. The van der Waals surface area contributed by atoms with Gasteiger partial charge < -0.3 is 0 Å². The fraction of sp³-hybridized carbons (Fsp3) is 0.800. The molecule has 17 heavy (non-hydrogen) atoms. The maximum absolute atomic E-state index is 4.71. The van der Waals surface area contributed by atoms with E-state index in [4.69, 9.17) is 5.10 Å². The van der Waals surface area contributed by atoms with E-state index in [0.29, 0.717) is 12.0 Å². The highest BCUT2D eigenvalue weighted by Crippen LogP contribution is 2.13. The van der Waals surface area contributed by atoms with Crippen molar-refractivity contribution >= 4 is 5.71 Å². The topological polar surface area (TPSA) is 15.6 Å². The number of hydrogen-bond acceptors (Lipinski definition) is 2. The summed E-state index contributed by atoms with van der Waals surface area (Å²) in [7, 11) is 0. The molecule has 0 aliphatic rings. The molecule has 0 aromatic rings. The van der Waals surface area contributed by atoms with Gasteiger partial charge in [-0.05, 0) is 39.7 Å². The molecule has 0 aliphatic carbocycles. The number of hydrogen-bond donors (Lipinski definition) is 0. The summed E-state index contributed by atoms with van der Waals surface area (Å²) < 4.78 is 0. The number of hydrazone groups is 1. The fourth-order valence-electron chi connectivity index (χ4n) is 1.49. The highest BCUT2D eigenvalue weighted by atomic mass is 15.5. The van der Waals surface area contributed by atoms with Crippen LogP contribution in [0.15, 0.2) is 17.3 Å². The third-order valence-corrected chi connectivity index (χ3v) is 2.67. The van der Waals surface area contributed by atoms with Gasteiger partial charge in [-0.2, -0.15) is 5.10 Å². The average molecular weight is 240 g/mol. The van der Waals surface area contributed by atoms with Crippen LogP contribution in [-0.4, -0.2) is 23.3 Å². The minimum atomic E-state index is 0.452. The van der Waals surface area contributed by atoms with E-state index in [9.17, 15) is 0 Å². The molecule has 0 spiro atoms. The zero-order chi connectivity index (χ0) is 14.0. The monoisotopic (exact) mass is 240 g/mol. The molecule has 0 bridgehead atoms.